The molecule has 1 fully saturated rings. The van der Waals surface area contributed by atoms with Crippen LogP contribution in [0, 0.1) is 5.92 Å². The standard InChI is InChI=1S/C20H25NO5/c1-20(2,3)26-19(24)21-16(18(23)25-4)13-15(17(21)22)12-8-11-14-9-6-5-7-10-14/h5-11,15-16H,12-13H2,1-4H3/t15-,16-/m1/s1. The van der Waals surface area contributed by atoms with Crippen molar-refractivity contribution in [3.63, 3.8) is 0 Å². The van der Waals surface area contributed by atoms with Crippen LogP contribution in [0.1, 0.15) is 39.2 Å². The lowest BCUT2D eigenvalue weighted by atomic mass is 10.0. The molecular weight excluding hydrogens is 334 g/mol. The van der Waals surface area contributed by atoms with Crippen LogP contribution in [0.2, 0.25) is 0 Å². The van der Waals surface area contributed by atoms with Gasteiger partial charge in [0.15, 0.2) is 0 Å². The average Bonchev–Trinajstić information content (AvgIpc) is 2.90. The number of allylic oxidation sites excluding steroid dienone is 1. The van der Waals surface area contributed by atoms with Gasteiger partial charge in [0, 0.05) is 5.92 Å². The number of hydrogen-bond acceptors (Lipinski definition) is 5. The van der Waals surface area contributed by atoms with E-state index in [0.717, 1.165) is 10.5 Å². The Kier molecular flexibility index (Phi) is 6.18. The summed E-state index contributed by atoms with van der Waals surface area (Å²) in [5.41, 5.74) is 0.259. The second kappa shape index (κ2) is 8.17. The molecule has 0 radical (unpaired) electrons. The third-order valence-corrected chi connectivity index (χ3v) is 4.00. The number of amides is 2. The summed E-state index contributed by atoms with van der Waals surface area (Å²) in [6.07, 6.45) is 3.64. The van der Waals surface area contributed by atoms with E-state index in [2.05, 4.69) is 0 Å². The molecule has 1 heterocycles. The molecule has 0 unspecified atom stereocenters. The van der Waals surface area contributed by atoms with Gasteiger partial charge in [0.05, 0.1) is 7.11 Å². The first-order valence-electron chi connectivity index (χ1n) is 8.58. The highest BCUT2D eigenvalue weighted by atomic mass is 16.6. The van der Waals surface area contributed by atoms with Gasteiger partial charge in [-0.15, -0.1) is 0 Å². The number of rotatable bonds is 4. The quantitative estimate of drug-likeness (QED) is 0.770. The smallest absolute Gasteiger partial charge is 0.417 e. The topological polar surface area (TPSA) is 72.9 Å². The Labute approximate surface area is 153 Å². The molecule has 1 saturated heterocycles. The molecule has 0 saturated carbocycles. The first-order valence-corrected chi connectivity index (χ1v) is 8.58. The molecule has 1 aliphatic heterocycles. The van der Waals surface area contributed by atoms with Crippen LogP contribution in [0.5, 0.6) is 0 Å². The number of ether oxygens (including phenoxy) is 2. The molecular formula is C20H25NO5. The third kappa shape index (κ3) is 4.94. The Bertz CT molecular complexity index is 690. The monoisotopic (exact) mass is 359 g/mol. The highest BCUT2D eigenvalue weighted by molar-refractivity contribution is 6.00. The van der Waals surface area contributed by atoms with Gasteiger partial charge in [0.2, 0.25) is 5.91 Å². The largest absolute Gasteiger partial charge is 0.467 e. The number of esters is 1. The fraction of sp³-hybridized carbons (Fsp3) is 0.450. The zero-order valence-corrected chi connectivity index (χ0v) is 15.6. The summed E-state index contributed by atoms with van der Waals surface area (Å²) in [7, 11) is 1.24. The molecule has 0 aromatic heterocycles. The minimum atomic E-state index is -0.947. The van der Waals surface area contributed by atoms with Gasteiger partial charge < -0.3 is 9.47 Å². The molecule has 2 amide bonds. The molecule has 1 aromatic rings. The van der Waals surface area contributed by atoms with E-state index in [0.29, 0.717) is 6.42 Å². The van der Waals surface area contributed by atoms with E-state index in [1.807, 2.05) is 42.5 Å². The zero-order valence-electron chi connectivity index (χ0n) is 15.6. The Hall–Kier alpha value is -2.63. The van der Waals surface area contributed by atoms with Gasteiger partial charge >= 0.3 is 12.1 Å². The van der Waals surface area contributed by atoms with Crippen molar-refractivity contribution < 1.29 is 23.9 Å². The lowest BCUT2D eigenvalue weighted by Gasteiger charge is -2.26. The maximum atomic E-state index is 12.7. The molecule has 0 spiro atoms. The van der Waals surface area contributed by atoms with Gasteiger partial charge in [-0.3, -0.25) is 4.79 Å². The van der Waals surface area contributed by atoms with Crippen molar-refractivity contribution in [1.29, 1.82) is 0 Å². The van der Waals surface area contributed by atoms with Gasteiger partial charge in [-0.2, -0.15) is 0 Å². The van der Waals surface area contributed by atoms with Crippen molar-refractivity contribution in [2.45, 2.75) is 45.3 Å². The number of carbonyl (C=O) groups excluding carboxylic acids is 3. The number of carbonyl (C=O) groups is 3. The highest BCUT2D eigenvalue weighted by Gasteiger charge is 2.48. The third-order valence-electron chi connectivity index (χ3n) is 4.00. The normalized spacial score (nSPS) is 20.5. The van der Waals surface area contributed by atoms with Gasteiger partial charge in [-0.05, 0) is 39.2 Å². The van der Waals surface area contributed by atoms with Gasteiger partial charge in [-0.25, -0.2) is 14.5 Å². The van der Waals surface area contributed by atoms with Crippen molar-refractivity contribution in [1.82, 2.24) is 4.90 Å². The molecule has 1 aromatic carbocycles. The number of hydrogen-bond donors (Lipinski definition) is 0. The fourth-order valence-electron chi connectivity index (χ4n) is 2.82. The molecule has 1 aliphatic rings. The first-order chi connectivity index (χ1) is 12.2. The second-order valence-corrected chi connectivity index (χ2v) is 7.21. The van der Waals surface area contributed by atoms with Crippen LogP contribution in [-0.4, -0.2) is 41.6 Å². The average molecular weight is 359 g/mol. The van der Waals surface area contributed by atoms with Crippen LogP contribution in [0.4, 0.5) is 4.79 Å². The van der Waals surface area contributed by atoms with E-state index in [4.69, 9.17) is 9.47 Å². The minimum absolute atomic E-state index is 0.226. The van der Waals surface area contributed by atoms with Crippen LogP contribution in [0.15, 0.2) is 36.4 Å². The van der Waals surface area contributed by atoms with Gasteiger partial charge in [-0.1, -0.05) is 42.5 Å². The van der Waals surface area contributed by atoms with E-state index >= 15 is 0 Å². The maximum Gasteiger partial charge on any atom is 0.417 e. The molecule has 0 aliphatic carbocycles. The second-order valence-electron chi connectivity index (χ2n) is 7.21. The SMILES string of the molecule is COC(=O)[C@H]1C[C@@H](CC=Cc2ccccc2)C(=O)N1C(=O)OC(C)(C)C. The Morgan fingerprint density at radius 2 is 1.88 bits per heavy atom. The summed E-state index contributed by atoms with van der Waals surface area (Å²) in [5, 5.41) is 0. The Balaban J connectivity index is 2.12. The van der Waals surface area contributed by atoms with Gasteiger partial charge in [0.1, 0.15) is 11.6 Å². The molecule has 2 rings (SSSR count). The molecule has 140 valence electrons. The van der Waals surface area contributed by atoms with E-state index in [-0.39, 0.29) is 6.42 Å². The van der Waals surface area contributed by atoms with Gasteiger partial charge in [0.25, 0.3) is 0 Å². The van der Waals surface area contributed by atoms with Crippen LogP contribution in [0.25, 0.3) is 6.08 Å². The summed E-state index contributed by atoms with van der Waals surface area (Å²) in [4.78, 5) is 38.0. The number of benzene rings is 1. The van der Waals surface area contributed by atoms with Crippen LogP contribution >= 0.6 is 0 Å². The summed E-state index contributed by atoms with van der Waals surface area (Å²) < 4.78 is 10.0. The highest BCUT2D eigenvalue weighted by Crippen LogP contribution is 2.30. The molecule has 6 heteroatoms. The Morgan fingerprint density at radius 1 is 1.23 bits per heavy atom. The number of likely N-dealkylation sites (tertiary alicyclic amines) is 1. The van der Waals surface area contributed by atoms with Crippen LogP contribution < -0.4 is 0 Å². The number of nitrogens with zero attached hydrogens (tertiary/aromatic N) is 1. The summed E-state index contributed by atoms with van der Waals surface area (Å²) in [5.74, 6) is -1.49. The minimum Gasteiger partial charge on any atom is -0.467 e. The van der Waals surface area contributed by atoms with Crippen LogP contribution in [-0.2, 0) is 19.1 Å². The summed E-state index contributed by atoms with van der Waals surface area (Å²) in [6.45, 7) is 5.12. The van der Waals surface area contributed by atoms with Crippen molar-refractivity contribution in [2.24, 2.45) is 5.92 Å². The van der Waals surface area contributed by atoms with E-state index in [1.165, 1.54) is 7.11 Å². The predicted octanol–water partition coefficient (Wildman–Crippen LogP) is 3.42. The summed E-state index contributed by atoms with van der Waals surface area (Å²) in [6, 6.07) is 8.75. The zero-order chi connectivity index (χ0) is 19.3. The van der Waals surface area contributed by atoms with Crippen molar-refractivity contribution in [3.05, 3.63) is 42.0 Å². The number of methoxy groups -OCH3 is 1. The Morgan fingerprint density at radius 3 is 2.46 bits per heavy atom. The maximum absolute atomic E-state index is 12.7. The first kappa shape index (κ1) is 19.7. The van der Waals surface area contributed by atoms with Crippen molar-refractivity contribution in [3.8, 4) is 0 Å². The molecule has 2 atom stereocenters. The fourth-order valence-corrected chi connectivity index (χ4v) is 2.82. The van der Waals surface area contributed by atoms with E-state index in [1.54, 1.807) is 20.8 Å². The summed E-state index contributed by atoms with van der Waals surface area (Å²) >= 11 is 0. The lowest BCUT2D eigenvalue weighted by molar-refractivity contribution is -0.148. The van der Waals surface area contributed by atoms with Crippen molar-refractivity contribution in [2.75, 3.05) is 7.11 Å². The molecule has 26 heavy (non-hydrogen) atoms. The predicted molar refractivity (Wildman–Crippen MR) is 97.1 cm³/mol. The van der Waals surface area contributed by atoms with Crippen LogP contribution in [0.3, 0.4) is 0 Å². The van der Waals surface area contributed by atoms with Crippen molar-refractivity contribution >= 4 is 24.0 Å². The molecule has 0 N–H and O–H groups in total. The van der Waals surface area contributed by atoms with E-state index < -0.39 is 35.5 Å². The van der Waals surface area contributed by atoms with E-state index in [9.17, 15) is 14.4 Å². The number of imide groups is 1. The molecule has 6 nitrogen and oxygen atoms in total. The molecule has 0 bridgehead atoms. The lowest BCUT2D eigenvalue weighted by Crippen LogP contribution is -2.46.